The van der Waals surface area contributed by atoms with E-state index in [0.717, 1.165) is 26.9 Å². The van der Waals surface area contributed by atoms with Crippen molar-refractivity contribution in [2.45, 2.75) is 26.3 Å². The lowest BCUT2D eigenvalue weighted by Crippen LogP contribution is -2.28. The highest BCUT2D eigenvalue weighted by atomic mass is 32.1. The summed E-state index contributed by atoms with van der Waals surface area (Å²) in [4.78, 5) is 30.3. The number of hydrogen-bond donors (Lipinski definition) is 0. The highest BCUT2D eigenvalue weighted by Gasteiger charge is 2.29. The van der Waals surface area contributed by atoms with Gasteiger partial charge in [-0.25, -0.2) is 4.98 Å². The van der Waals surface area contributed by atoms with E-state index in [1.54, 1.807) is 7.11 Å². The summed E-state index contributed by atoms with van der Waals surface area (Å²) in [5.41, 5.74) is 1.89. The zero-order valence-electron chi connectivity index (χ0n) is 12.5. The first kappa shape index (κ1) is 14.7. The van der Waals surface area contributed by atoms with Crippen LogP contribution in [0.3, 0.4) is 0 Å². The summed E-state index contributed by atoms with van der Waals surface area (Å²) >= 11 is 1.52. The molecule has 22 heavy (non-hydrogen) atoms. The molecule has 2 aromatic rings. The molecule has 0 bridgehead atoms. The molecule has 1 aliphatic heterocycles. The maximum Gasteiger partial charge on any atom is 0.230 e. The number of imide groups is 1. The van der Waals surface area contributed by atoms with Crippen LogP contribution in [0.2, 0.25) is 0 Å². The van der Waals surface area contributed by atoms with E-state index in [0.29, 0.717) is 12.8 Å². The van der Waals surface area contributed by atoms with E-state index < -0.39 is 0 Å². The Balaban J connectivity index is 1.84. The Hall–Kier alpha value is -2.21. The average molecular weight is 316 g/mol. The lowest BCUT2D eigenvalue weighted by molar-refractivity contribution is -0.139. The summed E-state index contributed by atoms with van der Waals surface area (Å²) in [6, 6.07) is 7.69. The van der Waals surface area contributed by atoms with Crippen molar-refractivity contribution in [3.8, 4) is 17.0 Å². The van der Waals surface area contributed by atoms with Gasteiger partial charge in [-0.1, -0.05) is 0 Å². The van der Waals surface area contributed by atoms with E-state index in [2.05, 4.69) is 4.98 Å². The first-order valence-corrected chi connectivity index (χ1v) is 7.84. The smallest absolute Gasteiger partial charge is 0.230 e. The van der Waals surface area contributed by atoms with Crippen molar-refractivity contribution >= 4 is 23.2 Å². The lowest BCUT2D eigenvalue weighted by Gasteiger charge is -2.10. The van der Waals surface area contributed by atoms with Gasteiger partial charge in [0.15, 0.2) is 0 Å². The molecule has 3 rings (SSSR count). The Bertz CT molecular complexity index is 705. The molecular formula is C16H16N2O3S. The Morgan fingerprint density at radius 2 is 1.82 bits per heavy atom. The largest absolute Gasteiger partial charge is 0.497 e. The monoisotopic (exact) mass is 316 g/mol. The molecule has 0 saturated carbocycles. The Morgan fingerprint density at radius 3 is 2.41 bits per heavy atom. The first-order valence-electron chi connectivity index (χ1n) is 7.02. The molecule has 0 atom stereocenters. The standard InChI is InChI=1S/C16H16N2O3S/c1-10-16(11-3-5-12(21-2)6-4-11)17-13(22-10)9-18-14(19)7-8-15(18)20/h3-6H,7-9H2,1-2H3. The fraction of sp³-hybridized carbons (Fsp3) is 0.312. The number of methoxy groups -OCH3 is 1. The lowest BCUT2D eigenvalue weighted by atomic mass is 10.1. The van der Waals surface area contributed by atoms with Crippen LogP contribution in [0.25, 0.3) is 11.3 Å². The number of carbonyl (C=O) groups excluding carboxylic acids is 2. The molecule has 0 radical (unpaired) electrons. The number of nitrogens with zero attached hydrogens (tertiary/aromatic N) is 2. The predicted molar refractivity (Wildman–Crippen MR) is 83.6 cm³/mol. The molecule has 0 N–H and O–H groups in total. The SMILES string of the molecule is COc1ccc(-c2nc(CN3C(=O)CCC3=O)sc2C)cc1. The molecule has 2 amide bonds. The van der Waals surface area contributed by atoms with E-state index in [9.17, 15) is 9.59 Å². The minimum absolute atomic E-state index is 0.108. The van der Waals surface area contributed by atoms with Gasteiger partial charge in [-0.3, -0.25) is 14.5 Å². The molecule has 1 saturated heterocycles. The van der Waals surface area contributed by atoms with Crippen molar-refractivity contribution in [2.24, 2.45) is 0 Å². The highest BCUT2D eigenvalue weighted by molar-refractivity contribution is 7.12. The van der Waals surface area contributed by atoms with Crippen LogP contribution in [-0.4, -0.2) is 28.8 Å². The number of ether oxygens (including phenoxy) is 1. The Kier molecular flexibility index (Phi) is 3.94. The van der Waals surface area contributed by atoms with Crippen LogP contribution in [0.15, 0.2) is 24.3 Å². The normalized spacial score (nSPS) is 14.7. The summed E-state index contributed by atoms with van der Waals surface area (Å²) < 4.78 is 5.15. The fourth-order valence-electron chi connectivity index (χ4n) is 2.47. The molecule has 5 nitrogen and oxygen atoms in total. The minimum atomic E-state index is -0.108. The van der Waals surface area contributed by atoms with Crippen molar-refractivity contribution in [2.75, 3.05) is 7.11 Å². The predicted octanol–water partition coefficient (Wildman–Crippen LogP) is 2.78. The molecule has 1 aliphatic rings. The minimum Gasteiger partial charge on any atom is -0.497 e. The van der Waals surface area contributed by atoms with Crippen molar-refractivity contribution in [3.05, 3.63) is 34.2 Å². The molecule has 0 aliphatic carbocycles. The van der Waals surface area contributed by atoms with Crippen molar-refractivity contribution < 1.29 is 14.3 Å². The second-order valence-electron chi connectivity index (χ2n) is 5.11. The number of benzene rings is 1. The second kappa shape index (κ2) is 5.88. The Morgan fingerprint density at radius 1 is 1.18 bits per heavy atom. The third-order valence-electron chi connectivity index (χ3n) is 3.65. The Labute approximate surface area is 132 Å². The van der Waals surface area contributed by atoms with Crippen LogP contribution in [0.4, 0.5) is 0 Å². The topological polar surface area (TPSA) is 59.5 Å². The van der Waals surface area contributed by atoms with Gasteiger partial charge in [-0.05, 0) is 31.2 Å². The van der Waals surface area contributed by atoms with E-state index in [-0.39, 0.29) is 18.4 Å². The van der Waals surface area contributed by atoms with Crippen LogP contribution in [0.5, 0.6) is 5.75 Å². The molecule has 1 aromatic heterocycles. The molecule has 0 spiro atoms. The van der Waals surface area contributed by atoms with E-state index >= 15 is 0 Å². The molecule has 114 valence electrons. The van der Waals surface area contributed by atoms with Crippen LogP contribution >= 0.6 is 11.3 Å². The van der Waals surface area contributed by atoms with Gasteiger partial charge in [0.05, 0.1) is 19.3 Å². The second-order valence-corrected chi connectivity index (χ2v) is 6.40. The number of rotatable bonds is 4. The van der Waals surface area contributed by atoms with Crippen LogP contribution in [0, 0.1) is 6.92 Å². The molecular weight excluding hydrogens is 300 g/mol. The zero-order chi connectivity index (χ0) is 15.7. The number of amides is 2. The summed E-state index contributed by atoms with van der Waals surface area (Å²) in [6.45, 7) is 2.27. The molecule has 0 unspecified atom stereocenters. The summed E-state index contributed by atoms with van der Waals surface area (Å²) in [5.74, 6) is 0.581. The highest BCUT2D eigenvalue weighted by Crippen LogP contribution is 2.30. The zero-order valence-corrected chi connectivity index (χ0v) is 13.3. The number of aryl methyl sites for hydroxylation is 1. The molecule has 1 aromatic carbocycles. The van der Waals surface area contributed by atoms with Crippen molar-refractivity contribution in [1.29, 1.82) is 0 Å². The van der Waals surface area contributed by atoms with Gasteiger partial charge < -0.3 is 4.74 Å². The third-order valence-corrected chi connectivity index (χ3v) is 4.61. The van der Waals surface area contributed by atoms with Gasteiger partial charge in [-0.15, -0.1) is 11.3 Å². The number of aromatic nitrogens is 1. The van der Waals surface area contributed by atoms with Crippen molar-refractivity contribution in [3.63, 3.8) is 0 Å². The fourth-order valence-corrected chi connectivity index (χ4v) is 3.41. The molecule has 6 heteroatoms. The van der Waals surface area contributed by atoms with Gasteiger partial charge in [0, 0.05) is 23.3 Å². The van der Waals surface area contributed by atoms with Crippen molar-refractivity contribution in [1.82, 2.24) is 9.88 Å². The van der Waals surface area contributed by atoms with Gasteiger partial charge in [0.1, 0.15) is 10.8 Å². The van der Waals surface area contributed by atoms with E-state index in [1.807, 2.05) is 31.2 Å². The summed E-state index contributed by atoms with van der Waals surface area (Å²) in [6.07, 6.45) is 0.628. The maximum absolute atomic E-state index is 11.7. The maximum atomic E-state index is 11.7. The third kappa shape index (κ3) is 2.74. The average Bonchev–Trinajstić information content (AvgIpc) is 3.04. The van der Waals surface area contributed by atoms with Gasteiger partial charge >= 0.3 is 0 Å². The first-order chi connectivity index (χ1) is 10.6. The number of likely N-dealkylation sites (tertiary alicyclic amines) is 1. The van der Waals surface area contributed by atoms with Gasteiger partial charge in [-0.2, -0.15) is 0 Å². The molecule has 1 fully saturated rings. The van der Waals surface area contributed by atoms with Crippen LogP contribution in [-0.2, 0) is 16.1 Å². The van der Waals surface area contributed by atoms with Gasteiger partial charge in [0.2, 0.25) is 11.8 Å². The number of carbonyl (C=O) groups is 2. The van der Waals surface area contributed by atoms with E-state index in [4.69, 9.17) is 4.74 Å². The summed E-state index contributed by atoms with van der Waals surface area (Å²) in [7, 11) is 1.63. The number of thiazole rings is 1. The quantitative estimate of drug-likeness (QED) is 0.814. The van der Waals surface area contributed by atoms with Crippen LogP contribution < -0.4 is 4.74 Å². The number of hydrogen-bond acceptors (Lipinski definition) is 5. The summed E-state index contributed by atoms with van der Waals surface area (Å²) in [5, 5.41) is 0.784. The van der Waals surface area contributed by atoms with Gasteiger partial charge in [0.25, 0.3) is 0 Å². The van der Waals surface area contributed by atoms with Crippen LogP contribution in [0.1, 0.15) is 22.7 Å². The van der Waals surface area contributed by atoms with E-state index in [1.165, 1.54) is 16.2 Å². The molecule has 2 heterocycles.